The van der Waals surface area contributed by atoms with E-state index in [1.54, 1.807) is 0 Å². The third-order valence-electron chi connectivity index (χ3n) is 3.59. The van der Waals surface area contributed by atoms with Crippen LogP contribution in [0.1, 0.15) is 33.3 Å². The fraction of sp³-hybridized carbons (Fsp3) is 0.529. The van der Waals surface area contributed by atoms with Crippen molar-refractivity contribution in [1.29, 1.82) is 0 Å². The van der Waals surface area contributed by atoms with Crippen molar-refractivity contribution in [2.75, 3.05) is 11.9 Å². The number of halogens is 3. The predicted molar refractivity (Wildman–Crippen MR) is 94.6 cm³/mol. The molecule has 0 saturated heterocycles. The zero-order chi connectivity index (χ0) is 21.6. The molecule has 28 heavy (non-hydrogen) atoms. The quantitative estimate of drug-likeness (QED) is 0.391. The van der Waals surface area contributed by atoms with Crippen molar-refractivity contribution in [2.24, 2.45) is 5.92 Å². The summed E-state index contributed by atoms with van der Waals surface area (Å²) in [4.78, 5) is 34.0. The maximum absolute atomic E-state index is 12.7. The van der Waals surface area contributed by atoms with Gasteiger partial charge in [0, 0.05) is 12.6 Å². The Bertz CT molecular complexity index is 737. The number of amides is 1. The van der Waals surface area contributed by atoms with Crippen LogP contribution in [-0.4, -0.2) is 35.5 Å². The first-order valence-electron chi connectivity index (χ1n) is 8.43. The van der Waals surface area contributed by atoms with Crippen molar-refractivity contribution in [3.8, 4) is 0 Å². The second kappa shape index (κ2) is 9.38. The van der Waals surface area contributed by atoms with Gasteiger partial charge in [-0.2, -0.15) is 13.2 Å². The number of nitro benzene ring substituents is 1. The summed E-state index contributed by atoms with van der Waals surface area (Å²) in [6.07, 6.45) is -5.84. The van der Waals surface area contributed by atoms with E-state index in [1.807, 2.05) is 13.8 Å². The first kappa shape index (κ1) is 23.2. The summed E-state index contributed by atoms with van der Waals surface area (Å²) in [5.74, 6) is -1.19. The first-order chi connectivity index (χ1) is 12.8. The zero-order valence-corrected chi connectivity index (χ0v) is 15.8. The van der Waals surface area contributed by atoms with Gasteiger partial charge in [-0.15, -0.1) is 0 Å². The van der Waals surface area contributed by atoms with Crippen molar-refractivity contribution < 1.29 is 32.4 Å². The predicted octanol–water partition coefficient (Wildman–Crippen LogP) is 3.12. The molecule has 0 radical (unpaired) electrons. The van der Waals surface area contributed by atoms with E-state index < -0.39 is 46.4 Å². The Morgan fingerprint density at radius 1 is 1.21 bits per heavy atom. The highest BCUT2D eigenvalue weighted by Gasteiger charge is 2.33. The van der Waals surface area contributed by atoms with Gasteiger partial charge in [-0.25, -0.2) is 4.79 Å². The van der Waals surface area contributed by atoms with E-state index in [0.29, 0.717) is 18.7 Å². The normalized spacial score (nSPS) is 13.6. The third kappa shape index (κ3) is 6.71. The van der Waals surface area contributed by atoms with Gasteiger partial charge >= 0.3 is 12.1 Å². The van der Waals surface area contributed by atoms with Crippen LogP contribution in [0.25, 0.3) is 0 Å². The molecule has 0 spiro atoms. The molecule has 0 fully saturated rings. The maximum atomic E-state index is 12.7. The Morgan fingerprint density at radius 2 is 1.82 bits per heavy atom. The monoisotopic (exact) mass is 405 g/mol. The van der Waals surface area contributed by atoms with Gasteiger partial charge in [-0.05, 0) is 31.9 Å². The number of esters is 1. The molecule has 1 aromatic rings. The van der Waals surface area contributed by atoms with Gasteiger partial charge in [0.05, 0.1) is 10.5 Å². The van der Waals surface area contributed by atoms with Gasteiger partial charge in [0.15, 0.2) is 6.10 Å². The zero-order valence-electron chi connectivity index (χ0n) is 15.8. The molecule has 156 valence electrons. The van der Waals surface area contributed by atoms with Gasteiger partial charge in [0.2, 0.25) is 0 Å². The summed E-state index contributed by atoms with van der Waals surface area (Å²) in [5.41, 5.74) is -2.30. The Labute approximate surface area is 159 Å². The topological polar surface area (TPSA) is 111 Å². The summed E-state index contributed by atoms with van der Waals surface area (Å²) in [6.45, 7) is 6.84. The number of hydrogen-bond acceptors (Lipinski definition) is 6. The molecule has 1 rings (SSSR count). The van der Waals surface area contributed by atoms with E-state index in [4.69, 9.17) is 4.74 Å². The molecule has 0 aliphatic rings. The average Bonchev–Trinajstić information content (AvgIpc) is 2.58. The SMILES string of the molecule is CC(C)CNC(=O)[C@@H](C)OC(=O)[C@H](C)Nc1ccc(C(F)(F)F)cc1[N+](=O)[O-]. The summed E-state index contributed by atoms with van der Waals surface area (Å²) in [6, 6.07) is 0.761. The lowest BCUT2D eigenvalue weighted by atomic mass is 10.1. The highest BCUT2D eigenvalue weighted by Crippen LogP contribution is 2.35. The van der Waals surface area contributed by atoms with Crippen LogP contribution in [-0.2, 0) is 20.5 Å². The van der Waals surface area contributed by atoms with E-state index in [-0.39, 0.29) is 11.6 Å². The molecule has 0 bridgehead atoms. The Kier molecular flexibility index (Phi) is 7.77. The molecule has 0 heterocycles. The minimum Gasteiger partial charge on any atom is -0.451 e. The second-order valence-corrected chi connectivity index (χ2v) is 6.57. The van der Waals surface area contributed by atoms with Crippen molar-refractivity contribution >= 4 is 23.3 Å². The van der Waals surface area contributed by atoms with E-state index in [0.717, 1.165) is 6.07 Å². The Balaban J connectivity index is 2.83. The molecular weight excluding hydrogens is 383 g/mol. The highest BCUT2D eigenvalue weighted by molar-refractivity contribution is 5.86. The van der Waals surface area contributed by atoms with E-state index >= 15 is 0 Å². The second-order valence-electron chi connectivity index (χ2n) is 6.57. The van der Waals surface area contributed by atoms with Gasteiger partial charge in [0.1, 0.15) is 11.7 Å². The first-order valence-corrected chi connectivity index (χ1v) is 8.43. The summed E-state index contributed by atoms with van der Waals surface area (Å²) in [7, 11) is 0. The number of nitrogens with zero attached hydrogens (tertiary/aromatic N) is 1. The van der Waals surface area contributed by atoms with E-state index in [9.17, 15) is 32.9 Å². The fourth-order valence-electron chi connectivity index (χ4n) is 2.05. The number of rotatable bonds is 8. The molecule has 2 atom stereocenters. The van der Waals surface area contributed by atoms with Crippen LogP contribution >= 0.6 is 0 Å². The molecule has 2 N–H and O–H groups in total. The molecule has 0 saturated carbocycles. The summed E-state index contributed by atoms with van der Waals surface area (Å²) >= 11 is 0. The van der Waals surface area contributed by atoms with Crippen LogP contribution in [0.4, 0.5) is 24.5 Å². The van der Waals surface area contributed by atoms with Crippen molar-refractivity contribution in [3.63, 3.8) is 0 Å². The number of nitrogens with one attached hydrogen (secondary N) is 2. The maximum Gasteiger partial charge on any atom is 0.416 e. The number of alkyl halides is 3. The van der Waals surface area contributed by atoms with Gasteiger partial charge in [0.25, 0.3) is 11.6 Å². The molecule has 8 nitrogen and oxygen atoms in total. The van der Waals surface area contributed by atoms with Gasteiger partial charge in [-0.1, -0.05) is 13.8 Å². The number of carbonyl (C=O) groups is 2. The smallest absolute Gasteiger partial charge is 0.416 e. The van der Waals surface area contributed by atoms with Gasteiger partial charge in [-0.3, -0.25) is 14.9 Å². The van der Waals surface area contributed by atoms with Crippen molar-refractivity contribution in [3.05, 3.63) is 33.9 Å². The molecule has 0 aliphatic carbocycles. The lowest BCUT2D eigenvalue weighted by Gasteiger charge is -2.19. The molecule has 1 aromatic carbocycles. The number of benzene rings is 1. The number of carbonyl (C=O) groups excluding carboxylic acids is 2. The molecule has 11 heteroatoms. The minimum absolute atomic E-state index is 0.202. The van der Waals surface area contributed by atoms with Crippen molar-refractivity contribution in [2.45, 2.75) is 46.0 Å². The number of nitro groups is 1. The summed E-state index contributed by atoms with van der Waals surface area (Å²) in [5, 5.41) is 16.1. The molecule has 1 amide bonds. The van der Waals surface area contributed by atoms with Crippen LogP contribution in [0, 0.1) is 16.0 Å². The summed E-state index contributed by atoms with van der Waals surface area (Å²) < 4.78 is 43.2. The van der Waals surface area contributed by atoms with Gasteiger partial charge < -0.3 is 15.4 Å². The minimum atomic E-state index is -4.74. The fourth-order valence-corrected chi connectivity index (χ4v) is 2.05. The van der Waals surface area contributed by atoms with E-state index in [1.165, 1.54) is 13.8 Å². The van der Waals surface area contributed by atoms with E-state index in [2.05, 4.69) is 10.6 Å². The number of ether oxygens (including phenoxy) is 1. The van der Waals surface area contributed by atoms with Crippen LogP contribution in [0.5, 0.6) is 0 Å². The van der Waals surface area contributed by atoms with Crippen LogP contribution < -0.4 is 10.6 Å². The van der Waals surface area contributed by atoms with Crippen LogP contribution in [0.15, 0.2) is 18.2 Å². The largest absolute Gasteiger partial charge is 0.451 e. The number of anilines is 1. The average molecular weight is 405 g/mol. The molecule has 0 aliphatic heterocycles. The lowest BCUT2D eigenvalue weighted by Crippen LogP contribution is -2.40. The lowest BCUT2D eigenvalue weighted by molar-refractivity contribution is -0.384. The molecular formula is C17H22F3N3O5. The Hall–Kier alpha value is -2.85. The molecule has 0 aromatic heterocycles. The van der Waals surface area contributed by atoms with Crippen LogP contribution in [0.3, 0.4) is 0 Å². The highest BCUT2D eigenvalue weighted by atomic mass is 19.4. The number of hydrogen-bond donors (Lipinski definition) is 2. The van der Waals surface area contributed by atoms with Crippen molar-refractivity contribution in [1.82, 2.24) is 5.32 Å². The third-order valence-corrected chi connectivity index (χ3v) is 3.59. The molecule has 0 unspecified atom stereocenters. The standard InChI is InChI=1S/C17H22F3N3O5/c1-9(2)8-21-15(24)11(4)28-16(25)10(3)22-13-6-5-12(17(18,19)20)7-14(13)23(26)27/h5-7,9-11,22H,8H2,1-4H3,(H,21,24)/t10-,11+/m0/s1. The Morgan fingerprint density at radius 3 is 2.32 bits per heavy atom. The van der Waals surface area contributed by atoms with Crippen LogP contribution in [0.2, 0.25) is 0 Å².